The molecule has 5 nitrogen and oxygen atoms in total. The molecule has 0 saturated carbocycles. The maximum atomic E-state index is 10.3. The van der Waals surface area contributed by atoms with Gasteiger partial charge in [0.15, 0.2) is 11.5 Å². The summed E-state index contributed by atoms with van der Waals surface area (Å²) in [6, 6.07) is 29.8. The minimum absolute atomic E-state index is 0.250. The lowest BCUT2D eigenvalue weighted by atomic mass is 9.97. The molecule has 0 fully saturated rings. The molecule has 0 amide bonds. The van der Waals surface area contributed by atoms with Gasteiger partial charge in [-0.3, -0.25) is 0 Å². The van der Waals surface area contributed by atoms with E-state index in [1.165, 1.54) is 0 Å². The first-order chi connectivity index (χ1) is 20.4. The monoisotopic (exact) mass is 686 g/mol. The normalized spacial score (nSPS) is 11.0. The lowest BCUT2D eigenvalue weighted by Crippen LogP contribution is -2.02. The summed E-state index contributed by atoms with van der Waals surface area (Å²) in [5.41, 5.74) is 6.95. The number of hydrogen-bond acceptors (Lipinski definition) is 5. The smallest absolute Gasteiger partial charge is 0.238 e. The van der Waals surface area contributed by atoms with E-state index in [1.807, 2.05) is 106 Å². The van der Waals surface area contributed by atoms with Crippen molar-refractivity contribution in [3.63, 3.8) is 0 Å². The Bertz CT molecular complexity index is 1770. The van der Waals surface area contributed by atoms with Crippen molar-refractivity contribution in [2.75, 3.05) is 6.61 Å². The summed E-state index contributed by atoms with van der Waals surface area (Å²) in [7, 11) is 0. The van der Waals surface area contributed by atoms with E-state index >= 15 is 0 Å². The Morgan fingerprint density at radius 3 is 2.17 bits per heavy atom. The average Bonchev–Trinajstić information content (AvgIpc) is 3.36. The molecule has 0 saturated heterocycles. The van der Waals surface area contributed by atoms with Crippen LogP contribution in [-0.4, -0.2) is 12.8 Å². The van der Waals surface area contributed by atoms with Gasteiger partial charge in [-0.1, -0.05) is 83.4 Å². The van der Waals surface area contributed by atoms with E-state index in [-0.39, 0.29) is 5.88 Å². The van der Waals surface area contributed by atoms with E-state index in [4.69, 9.17) is 25.5 Å². The second-order valence-corrected chi connectivity index (χ2v) is 11.4. The van der Waals surface area contributed by atoms with Gasteiger partial charge in [0.05, 0.1) is 10.2 Å². The molecule has 0 atom stereocenters. The molecule has 0 radical (unpaired) electrons. The van der Waals surface area contributed by atoms with Crippen molar-refractivity contribution in [2.45, 2.75) is 27.4 Å². The van der Waals surface area contributed by atoms with Crippen LogP contribution in [0.4, 0.5) is 5.88 Å². The van der Waals surface area contributed by atoms with Crippen LogP contribution in [0.5, 0.6) is 11.5 Å². The third kappa shape index (κ3) is 6.70. The number of rotatable bonds is 9. The summed E-state index contributed by atoms with van der Waals surface area (Å²) in [5.74, 6) is 2.13. The molecule has 1 aromatic heterocycles. The zero-order valence-corrected chi connectivity index (χ0v) is 26.4. The summed E-state index contributed by atoms with van der Waals surface area (Å²) >= 11 is 8.25. The van der Waals surface area contributed by atoms with E-state index in [9.17, 15) is 5.26 Å². The van der Waals surface area contributed by atoms with Gasteiger partial charge in [0.25, 0.3) is 0 Å². The first kappa shape index (κ1) is 29.4. The molecule has 7 heteroatoms. The number of nitriles is 1. The summed E-state index contributed by atoms with van der Waals surface area (Å²) in [6.45, 7) is 6.85. The van der Waals surface area contributed by atoms with Gasteiger partial charge in [-0.25, -0.2) is 4.99 Å². The number of aryl methyl sites for hydroxylation is 2. The lowest BCUT2D eigenvalue weighted by molar-refractivity contribution is 0.267. The minimum Gasteiger partial charge on any atom is -0.490 e. The highest BCUT2D eigenvalue weighted by atomic mass is 127. The predicted octanol–water partition coefficient (Wildman–Crippen LogP) is 10.1. The van der Waals surface area contributed by atoms with Crippen molar-refractivity contribution < 1.29 is 13.9 Å². The second-order valence-electron chi connectivity index (χ2n) is 9.77. The summed E-state index contributed by atoms with van der Waals surface area (Å²) in [4.78, 5) is 4.66. The van der Waals surface area contributed by atoms with E-state index in [1.54, 1.807) is 6.21 Å². The number of halogens is 2. The van der Waals surface area contributed by atoms with Crippen LogP contribution in [0.2, 0.25) is 5.02 Å². The first-order valence-corrected chi connectivity index (χ1v) is 14.9. The molecule has 0 aliphatic heterocycles. The van der Waals surface area contributed by atoms with Crippen LogP contribution in [0.3, 0.4) is 0 Å². The number of nitrogens with zero attached hydrogens (tertiary/aromatic N) is 2. The van der Waals surface area contributed by atoms with Crippen LogP contribution in [0, 0.1) is 28.7 Å². The maximum absolute atomic E-state index is 10.3. The lowest BCUT2D eigenvalue weighted by Gasteiger charge is -2.14. The SMILES string of the molecule is CCOc1cc(C=Nc2oc(-c3ccc(C)cc3)c(-c3ccc(C)cc3)c2C#N)cc(I)c1OCc1ccc(Cl)cc1. The van der Waals surface area contributed by atoms with Gasteiger partial charge < -0.3 is 13.9 Å². The molecule has 0 bridgehead atoms. The summed E-state index contributed by atoms with van der Waals surface area (Å²) in [5, 5.41) is 10.9. The summed E-state index contributed by atoms with van der Waals surface area (Å²) < 4.78 is 19.3. The van der Waals surface area contributed by atoms with Crippen LogP contribution < -0.4 is 9.47 Å². The molecule has 0 aliphatic rings. The molecule has 4 aromatic carbocycles. The third-order valence-electron chi connectivity index (χ3n) is 6.61. The number of aliphatic imine (C=N–C) groups is 1. The zero-order valence-electron chi connectivity index (χ0n) is 23.4. The highest BCUT2D eigenvalue weighted by Gasteiger charge is 2.23. The van der Waals surface area contributed by atoms with E-state index in [2.05, 4.69) is 33.7 Å². The van der Waals surface area contributed by atoms with Crippen LogP contribution in [0.1, 0.15) is 34.7 Å². The molecule has 5 rings (SSSR count). The molecular weight excluding hydrogens is 659 g/mol. The van der Waals surface area contributed by atoms with Crippen molar-refractivity contribution in [1.29, 1.82) is 5.26 Å². The number of hydrogen-bond donors (Lipinski definition) is 0. The van der Waals surface area contributed by atoms with E-state index in [0.717, 1.165) is 42.5 Å². The quantitative estimate of drug-likeness (QED) is 0.114. The van der Waals surface area contributed by atoms with Gasteiger partial charge in [-0.2, -0.15) is 5.26 Å². The van der Waals surface area contributed by atoms with E-state index < -0.39 is 0 Å². The Balaban J connectivity index is 1.52. The van der Waals surface area contributed by atoms with Crippen molar-refractivity contribution in [1.82, 2.24) is 0 Å². The first-order valence-electron chi connectivity index (χ1n) is 13.4. The predicted molar refractivity (Wildman–Crippen MR) is 177 cm³/mol. The molecule has 0 aliphatic carbocycles. The number of ether oxygens (including phenoxy) is 2. The summed E-state index contributed by atoms with van der Waals surface area (Å²) in [6.07, 6.45) is 1.69. The fraction of sp³-hybridized carbons (Fsp3) is 0.143. The molecule has 0 spiro atoms. The number of benzene rings is 4. The van der Waals surface area contributed by atoms with Crippen molar-refractivity contribution in [2.24, 2.45) is 4.99 Å². The van der Waals surface area contributed by atoms with Crippen molar-refractivity contribution in [3.8, 4) is 40.0 Å². The topological polar surface area (TPSA) is 67.8 Å². The Labute approximate surface area is 264 Å². The van der Waals surface area contributed by atoms with Gasteiger partial charge in [0.2, 0.25) is 5.88 Å². The van der Waals surface area contributed by atoms with Gasteiger partial charge in [0, 0.05) is 22.4 Å². The maximum Gasteiger partial charge on any atom is 0.238 e. The molecule has 5 aromatic rings. The van der Waals surface area contributed by atoms with Gasteiger partial charge in [0.1, 0.15) is 24.0 Å². The highest BCUT2D eigenvalue weighted by molar-refractivity contribution is 14.1. The third-order valence-corrected chi connectivity index (χ3v) is 7.67. The van der Waals surface area contributed by atoms with Crippen LogP contribution in [0.15, 0.2) is 94.3 Å². The molecule has 1 heterocycles. The minimum atomic E-state index is 0.250. The number of furan rings is 1. The van der Waals surface area contributed by atoms with Gasteiger partial charge in [-0.15, -0.1) is 0 Å². The van der Waals surface area contributed by atoms with Crippen molar-refractivity contribution in [3.05, 3.63) is 121 Å². The fourth-order valence-electron chi connectivity index (χ4n) is 4.45. The highest BCUT2D eigenvalue weighted by Crippen LogP contribution is 2.43. The molecule has 0 N–H and O–H groups in total. The Morgan fingerprint density at radius 1 is 0.905 bits per heavy atom. The van der Waals surface area contributed by atoms with Gasteiger partial charge in [-0.05, 0) is 84.3 Å². The molecule has 42 heavy (non-hydrogen) atoms. The molecule has 210 valence electrons. The fourth-order valence-corrected chi connectivity index (χ4v) is 5.36. The van der Waals surface area contributed by atoms with Crippen LogP contribution >= 0.6 is 34.2 Å². The molecule has 0 unspecified atom stereocenters. The second kappa shape index (κ2) is 13.3. The Hall–Kier alpha value is -4.06. The van der Waals surface area contributed by atoms with Crippen molar-refractivity contribution >= 4 is 46.3 Å². The standard InChI is InChI=1S/C35H28ClIN2O3/c1-4-40-31-18-25(17-30(37)34(31)41-21-24-9-15-28(36)16-10-24)20-39-35-29(19-38)32(26-11-5-22(2)6-12-26)33(42-35)27-13-7-23(3)8-14-27/h5-18,20H,4,21H2,1-3H3. The molecular formula is C35H28ClIN2O3. The zero-order chi connectivity index (χ0) is 29.6. The Morgan fingerprint density at radius 2 is 1.55 bits per heavy atom. The Kier molecular flexibility index (Phi) is 9.31. The largest absolute Gasteiger partial charge is 0.490 e. The van der Waals surface area contributed by atoms with Gasteiger partial charge >= 0.3 is 0 Å². The average molecular weight is 687 g/mol. The van der Waals surface area contributed by atoms with Crippen LogP contribution in [-0.2, 0) is 6.61 Å². The van der Waals surface area contributed by atoms with Crippen LogP contribution in [0.25, 0.3) is 22.5 Å². The van der Waals surface area contributed by atoms with E-state index in [0.29, 0.717) is 41.1 Å².